The van der Waals surface area contributed by atoms with Crippen LogP contribution in [0.25, 0.3) is 11.1 Å². The molecule has 0 saturated carbocycles. The van der Waals surface area contributed by atoms with Gasteiger partial charge < -0.3 is 15.8 Å². The van der Waals surface area contributed by atoms with E-state index in [2.05, 4.69) is 10.3 Å². The van der Waals surface area contributed by atoms with Crippen LogP contribution in [0.4, 0.5) is 11.5 Å². The van der Waals surface area contributed by atoms with E-state index in [1.165, 1.54) is 4.57 Å². The molecule has 4 aromatic rings. The third kappa shape index (κ3) is 6.01. The minimum atomic E-state index is -0.457. The predicted octanol–water partition coefficient (Wildman–Crippen LogP) is 5.52. The molecule has 0 fully saturated rings. The molecule has 3 N–H and O–H groups in total. The lowest BCUT2D eigenvalue weighted by molar-refractivity contribution is 0.102. The highest BCUT2D eigenvalue weighted by Gasteiger charge is 2.12. The second-order valence-corrected chi connectivity index (χ2v) is 8.48. The van der Waals surface area contributed by atoms with Gasteiger partial charge in [-0.3, -0.25) is 9.36 Å². The number of nitrogens with two attached hydrogens (primary N) is 1. The molecule has 0 saturated heterocycles. The van der Waals surface area contributed by atoms with Crippen molar-refractivity contribution in [1.82, 2.24) is 9.55 Å². The number of nitrogens with one attached hydrogen (secondary N) is 1. The number of hydrogen-bond donors (Lipinski definition) is 2. The summed E-state index contributed by atoms with van der Waals surface area (Å²) in [6.45, 7) is 0.677. The van der Waals surface area contributed by atoms with Crippen LogP contribution >= 0.6 is 23.2 Å². The van der Waals surface area contributed by atoms with Gasteiger partial charge in [0.25, 0.3) is 5.91 Å². The zero-order chi connectivity index (χ0) is 24.8. The average Bonchev–Trinajstić information content (AvgIpc) is 2.86. The SMILES string of the molecule is Nc1nc(=O)n(CCCOc2ccccc2NC(=O)c2ccccc2)cc1-c1ccc(Cl)c(Cl)c1. The molecule has 0 bridgehead atoms. The zero-order valence-electron chi connectivity index (χ0n) is 18.6. The molecule has 1 amide bonds. The summed E-state index contributed by atoms with van der Waals surface area (Å²) < 4.78 is 7.37. The van der Waals surface area contributed by atoms with Gasteiger partial charge in [0.2, 0.25) is 0 Å². The van der Waals surface area contributed by atoms with E-state index in [0.717, 1.165) is 0 Å². The number of amides is 1. The summed E-state index contributed by atoms with van der Waals surface area (Å²) in [6.07, 6.45) is 2.17. The van der Waals surface area contributed by atoms with Crippen molar-refractivity contribution in [2.24, 2.45) is 0 Å². The van der Waals surface area contributed by atoms with Crippen LogP contribution in [-0.2, 0) is 6.54 Å². The maximum absolute atomic E-state index is 12.5. The zero-order valence-corrected chi connectivity index (χ0v) is 20.1. The molecular formula is C26H22Cl2N4O3. The van der Waals surface area contributed by atoms with Crippen molar-refractivity contribution in [3.8, 4) is 16.9 Å². The Morgan fingerprint density at radius 3 is 2.51 bits per heavy atom. The van der Waals surface area contributed by atoms with Gasteiger partial charge in [-0.05, 0) is 48.4 Å². The molecule has 0 spiro atoms. The second kappa shape index (κ2) is 11.1. The molecule has 0 atom stereocenters. The van der Waals surface area contributed by atoms with Crippen molar-refractivity contribution in [1.29, 1.82) is 0 Å². The van der Waals surface area contributed by atoms with E-state index in [1.54, 1.807) is 60.8 Å². The molecule has 9 heteroatoms. The summed E-state index contributed by atoms with van der Waals surface area (Å²) in [5.41, 5.74) is 7.93. The summed E-state index contributed by atoms with van der Waals surface area (Å²) in [5.74, 6) is 0.427. The highest BCUT2D eigenvalue weighted by molar-refractivity contribution is 6.42. The molecule has 0 aliphatic carbocycles. The number of rotatable bonds is 8. The van der Waals surface area contributed by atoms with Gasteiger partial charge in [-0.25, -0.2) is 4.79 Å². The van der Waals surface area contributed by atoms with E-state index in [9.17, 15) is 9.59 Å². The first-order chi connectivity index (χ1) is 16.9. The van der Waals surface area contributed by atoms with Crippen molar-refractivity contribution in [3.05, 3.63) is 105 Å². The molecule has 3 aromatic carbocycles. The number of carbonyl (C=O) groups excluding carboxylic acids is 1. The maximum atomic E-state index is 12.5. The minimum absolute atomic E-state index is 0.115. The number of nitrogens with zero attached hydrogens (tertiary/aromatic N) is 2. The van der Waals surface area contributed by atoms with Gasteiger partial charge in [-0.2, -0.15) is 4.98 Å². The molecular weight excluding hydrogens is 487 g/mol. The van der Waals surface area contributed by atoms with Gasteiger partial charge in [0.1, 0.15) is 11.6 Å². The molecule has 7 nitrogen and oxygen atoms in total. The maximum Gasteiger partial charge on any atom is 0.349 e. The van der Waals surface area contributed by atoms with Crippen molar-refractivity contribution in [2.75, 3.05) is 17.7 Å². The van der Waals surface area contributed by atoms with Crippen molar-refractivity contribution in [2.45, 2.75) is 13.0 Å². The molecule has 1 aromatic heterocycles. The van der Waals surface area contributed by atoms with E-state index in [1.807, 2.05) is 18.2 Å². The average molecular weight is 509 g/mol. The lowest BCUT2D eigenvalue weighted by atomic mass is 10.1. The second-order valence-electron chi connectivity index (χ2n) is 7.66. The first kappa shape index (κ1) is 24.3. The Morgan fingerprint density at radius 1 is 1.00 bits per heavy atom. The lowest BCUT2D eigenvalue weighted by Gasteiger charge is -2.14. The molecule has 35 heavy (non-hydrogen) atoms. The largest absolute Gasteiger partial charge is 0.491 e. The monoisotopic (exact) mass is 508 g/mol. The minimum Gasteiger partial charge on any atom is -0.491 e. The number of para-hydroxylation sites is 2. The van der Waals surface area contributed by atoms with Crippen LogP contribution in [-0.4, -0.2) is 22.1 Å². The van der Waals surface area contributed by atoms with E-state index < -0.39 is 5.69 Å². The highest BCUT2D eigenvalue weighted by Crippen LogP contribution is 2.30. The Balaban J connectivity index is 1.41. The number of ether oxygens (including phenoxy) is 1. The number of benzene rings is 3. The fraction of sp³-hybridized carbons (Fsp3) is 0.115. The Labute approximate surface area is 212 Å². The summed E-state index contributed by atoms with van der Waals surface area (Å²) in [6, 6.07) is 21.2. The number of halogens is 2. The standard InChI is InChI=1S/C26H22Cl2N4O3/c27-20-12-11-18(15-21(20)28)19-16-32(26(34)31-24(19)29)13-6-14-35-23-10-5-4-9-22(23)30-25(33)17-7-2-1-3-8-17/h1-5,7-12,15-16H,6,13-14H2,(H,30,33)(H2,29,31,34). The van der Waals surface area contributed by atoms with Crippen LogP contribution in [0.1, 0.15) is 16.8 Å². The summed E-state index contributed by atoms with van der Waals surface area (Å²) in [7, 11) is 0. The fourth-order valence-electron chi connectivity index (χ4n) is 3.45. The number of nitrogen functional groups attached to an aromatic ring is 1. The molecule has 0 unspecified atom stereocenters. The molecule has 0 radical (unpaired) electrons. The first-order valence-corrected chi connectivity index (χ1v) is 11.6. The van der Waals surface area contributed by atoms with Crippen LogP contribution in [0.3, 0.4) is 0 Å². The summed E-state index contributed by atoms with van der Waals surface area (Å²) in [4.78, 5) is 28.8. The van der Waals surface area contributed by atoms with Gasteiger partial charge in [0.05, 0.1) is 22.3 Å². The number of carbonyl (C=O) groups is 1. The predicted molar refractivity (Wildman–Crippen MR) is 139 cm³/mol. The van der Waals surface area contributed by atoms with Crippen LogP contribution in [0, 0.1) is 0 Å². The lowest BCUT2D eigenvalue weighted by Crippen LogP contribution is -2.25. The van der Waals surface area contributed by atoms with Gasteiger partial charge in [0, 0.05) is 23.9 Å². The Bertz CT molecular complexity index is 1410. The van der Waals surface area contributed by atoms with Gasteiger partial charge in [0.15, 0.2) is 0 Å². The normalized spacial score (nSPS) is 10.7. The van der Waals surface area contributed by atoms with E-state index in [-0.39, 0.29) is 11.7 Å². The number of aryl methyl sites for hydroxylation is 1. The van der Waals surface area contributed by atoms with E-state index in [0.29, 0.717) is 57.7 Å². The summed E-state index contributed by atoms with van der Waals surface area (Å²) in [5, 5.41) is 3.68. The van der Waals surface area contributed by atoms with Crippen molar-refractivity contribution >= 4 is 40.6 Å². The van der Waals surface area contributed by atoms with Crippen LogP contribution < -0.4 is 21.5 Å². The Kier molecular flexibility index (Phi) is 7.70. The smallest absolute Gasteiger partial charge is 0.349 e. The van der Waals surface area contributed by atoms with Crippen molar-refractivity contribution < 1.29 is 9.53 Å². The topological polar surface area (TPSA) is 99.2 Å². The Hall–Kier alpha value is -3.81. The quantitative estimate of drug-likeness (QED) is 0.305. The third-order valence-electron chi connectivity index (χ3n) is 5.23. The van der Waals surface area contributed by atoms with Crippen molar-refractivity contribution in [3.63, 3.8) is 0 Å². The molecule has 1 heterocycles. The van der Waals surface area contributed by atoms with Gasteiger partial charge in [-0.1, -0.05) is 59.6 Å². The van der Waals surface area contributed by atoms with Gasteiger partial charge in [-0.15, -0.1) is 0 Å². The molecule has 0 aliphatic rings. The fourth-order valence-corrected chi connectivity index (χ4v) is 3.75. The number of aromatic nitrogens is 2. The number of hydrogen-bond acceptors (Lipinski definition) is 5. The van der Waals surface area contributed by atoms with E-state index >= 15 is 0 Å². The third-order valence-corrected chi connectivity index (χ3v) is 5.96. The molecule has 178 valence electrons. The highest BCUT2D eigenvalue weighted by atomic mass is 35.5. The first-order valence-electron chi connectivity index (χ1n) is 10.8. The van der Waals surface area contributed by atoms with Crippen LogP contribution in [0.15, 0.2) is 83.8 Å². The van der Waals surface area contributed by atoms with Crippen LogP contribution in [0.5, 0.6) is 5.75 Å². The van der Waals surface area contributed by atoms with E-state index in [4.69, 9.17) is 33.7 Å². The summed E-state index contributed by atoms with van der Waals surface area (Å²) >= 11 is 12.1. The number of anilines is 2. The Morgan fingerprint density at radius 2 is 1.74 bits per heavy atom. The van der Waals surface area contributed by atoms with Crippen LogP contribution in [0.2, 0.25) is 10.0 Å². The molecule has 0 aliphatic heterocycles. The van der Waals surface area contributed by atoms with Gasteiger partial charge >= 0.3 is 5.69 Å². The molecule has 4 rings (SSSR count).